The molecular weight excluding hydrogens is 188 g/mol. The maximum atomic E-state index is 5.34. The summed E-state index contributed by atoms with van der Waals surface area (Å²) in [5.41, 5.74) is -0.0514. The van der Waals surface area contributed by atoms with Crippen molar-refractivity contribution in [2.24, 2.45) is 4.99 Å². The Labute approximate surface area is 93.8 Å². The third kappa shape index (κ3) is 8.03. The van der Waals surface area contributed by atoms with Crippen molar-refractivity contribution in [1.82, 2.24) is 4.90 Å². The maximum Gasteiger partial charge on any atom is 0.174 e. The molecule has 0 unspecified atom stereocenters. The Morgan fingerprint density at radius 3 is 2.00 bits per heavy atom. The molecule has 0 bridgehead atoms. The van der Waals surface area contributed by atoms with Crippen LogP contribution in [-0.2, 0) is 4.74 Å². The molecule has 3 nitrogen and oxygen atoms in total. The molecule has 0 aliphatic carbocycles. The molecule has 0 aliphatic rings. The van der Waals surface area contributed by atoms with Crippen LogP contribution in [0.4, 0.5) is 0 Å². The number of ether oxygens (including phenoxy) is 1. The summed E-state index contributed by atoms with van der Waals surface area (Å²) < 4.78 is 5.34. The Morgan fingerprint density at radius 2 is 1.60 bits per heavy atom. The number of rotatable bonds is 3. The predicted octanol–water partition coefficient (Wildman–Crippen LogP) is 3.03. The zero-order valence-corrected chi connectivity index (χ0v) is 11.0. The maximum absolute atomic E-state index is 5.34. The number of aliphatic imine (C=N–C) groups is 1. The fourth-order valence-electron chi connectivity index (χ4n) is 0.586. The Kier molecular flexibility index (Phi) is 4.85. The fourth-order valence-corrected chi connectivity index (χ4v) is 0.586. The Morgan fingerprint density at radius 1 is 1.07 bits per heavy atom. The van der Waals surface area contributed by atoms with Gasteiger partial charge in [-0.2, -0.15) is 0 Å². The largest absolute Gasteiger partial charge is 0.478 e. The molecule has 0 saturated heterocycles. The second kappa shape index (κ2) is 5.19. The minimum absolute atomic E-state index is 0.122. The highest BCUT2D eigenvalue weighted by atomic mass is 16.5. The van der Waals surface area contributed by atoms with Gasteiger partial charge >= 0.3 is 0 Å². The standard InChI is InChI=1S/C12H24N2O/c1-11(2,3)14(7)9-8-13-10-15-12(4,5)6/h8-10H,1-7H3/b9-8-,13-10?. The minimum atomic E-state index is -0.173. The molecule has 0 aliphatic heterocycles. The molecule has 0 heterocycles. The van der Waals surface area contributed by atoms with E-state index >= 15 is 0 Å². The first kappa shape index (κ1) is 14.0. The van der Waals surface area contributed by atoms with E-state index in [2.05, 4.69) is 30.7 Å². The van der Waals surface area contributed by atoms with Crippen molar-refractivity contribution in [3.05, 3.63) is 12.4 Å². The molecule has 15 heavy (non-hydrogen) atoms. The fraction of sp³-hybridized carbons (Fsp3) is 0.750. The summed E-state index contributed by atoms with van der Waals surface area (Å²) in [6, 6.07) is 0. The molecule has 0 aromatic carbocycles. The van der Waals surface area contributed by atoms with E-state index < -0.39 is 0 Å². The van der Waals surface area contributed by atoms with Gasteiger partial charge in [0.2, 0.25) is 0 Å². The van der Waals surface area contributed by atoms with E-state index in [-0.39, 0.29) is 11.1 Å². The van der Waals surface area contributed by atoms with Crippen LogP contribution in [0.1, 0.15) is 41.5 Å². The molecule has 0 amide bonds. The third-order valence-electron chi connectivity index (χ3n) is 1.90. The first-order chi connectivity index (χ1) is 6.63. The molecule has 0 fully saturated rings. The van der Waals surface area contributed by atoms with Crippen molar-refractivity contribution in [1.29, 1.82) is 0 Å². The van der Waals surface area contributed by atoms with Crippen molar-refractivity contribution in [3.63, 3.8) is 0 Å². The quantitative estimate of drug-likeness (QED) is 0.530. The van der Waals surface area contributed by atoms with E-state index in [9.17, 15) is 0 Å². The van der Waals surface area contributed by atoms with Gasteiger partial charge in [0.05, 0.1) is 0 Å². The first-order valence-corrected chi connectivity index (χ1v) is 5.22. The minimum Gasteiger partial charge on any atom is -0.478 e. The molecule has 0 saturated carbocycles. The number of nitrogens with zero attached hydrogens (tertiary/aromatic N) is 2. The van der Waals surface area contributed by atoms with Gasteiger partial charge in [-0.3, -0.25) is 0 Å². The summed E-state index contributed by atoms with van der Waals surface area (Å²) in [7, 11) is 2.02. The van der Waals surface area contributed by atoms with Crippen LogP contribution in [-0.4, -0.2) is 29.5 Å². The van der Waals surface area contributed by atoms with Gasteiger partial charge in [0.1, 0.15) is 5.60 Å². The smallest absolute Gasteiger partial charge is 0.174 e. The lowest BCUT2D eigenvalue weighted by molar-refractivity contribution is 0.126. The Hall–Kier alpha value is -0.990. The molecule has 0 atom stereocenters. The van der Waals surface area contributed by atoms with Crippen molar-refractivity contribution in [2.45, 2.75) is 52.7 Å². The van der Waals surface area contributed by atoms with Gasteiger partial charge in [0.25, 0.3) is 0 Å². The lowest BCUT2D eigenvalue weighted by Gasteiger charge is -2.30. The average molecular weight is 212 g/mol. The van der Waals surface area contributed by atoms with Crippen LogP contribution in [0, 0.1) is 0 Å². The van der Waals surface area contributed by atoms with E-state index in [1.807, 2.05) is 34.0 Å². The Balaban J connectivity index is 4.01. The summed E-state index contributed by atoms with van der Waals surface area (Å²) in [6.07, 6.45) is 5.15. The van der Waals surface area contributed by atoms with E-state index in [4.69, 9.17) is 4.74 Å². The van der Waals surface area contributed by atoms with Gasteiger partial charge < -0.3 is 9.64 Å². The monoisotopic (exact) mass is 212 g/mol. The topological polar surface area (TPSA) is 24.8 Å². The van der Waals surface area contributed by atoms with Gasteiger partial charge in [0, 0.05) is 25.0 Å². The predicted molar refractivity (Wildman–Crippen MR) is 66.0 cm³/mol. The zero-order valence-electron chi connectivity index (χ0n) is 11.0. The van der Waals surface area contributed by atoms with Crippen molar-refractivity contribution >= 4 is 6.40 Å². The van der Waals surface area contributed by atoms with Gasteiger partial charge in [-0.05, 0) is 41.5 Å². The molecule has 88 valence electrons. The molecule has 0 radical (unpaired) electrons. The molecule has 0 N–H and O–H groups in total. The highest BCUT2D eigenvalue weighted by molar-refractivity contribution is 5.48. The summed E-state index contributed by atoms with van der Waals surface area (Å²) >= 11 is 0. The van der Waals surface area contributed by atoms with Crippen molar-refractivity contribution in [2.75, 3.05) is 7.05 Å². The van der Waals surface area contributed by atoms with Crippen LogP contribution in [0.2, 0.25) is 0 Å². The SMILES string of the molecule is CN(/C=C\N=COC(C)(C)C)C(C)(C)C. The summed E-state index contributed by atoms with van der Waals surface area (Å²) in [4.78, 5) is 6.14. The van der Waals surface area contributed by atoms with Gasteiger partial charge in [-0.15, -0.1) is 0 Å². The van der Waals surface area contributed by atoms with Crippen LogP contribution in [0.15, 0.2) is 17.4 Å². The second-order valence-electron chi connectivity index (χ2n) is 5.56. The summed E-state index contributed by atoms with van der Waals surface area (Å²) in [6.45, 7) is 12.4. The van der Waals surface area contributed by atoms with Crippen molar-refractivity contribution < 1.29 is 4.74 Å². The summed E-state index contributed by atoms with van der Waals surface area (Å²) in [5, 5.41) is 0. The molecular formula is C12H24N2O. The number of hydrogen-bond donors (Lipinski definition) is 0. The number of hydrogen-bond acceptors (Lipinski definition) is 3. The molecule has 0 aromatic heterocycles. The first-order valence-electron chi connectivity index (χ1n) is 5.22. The zero-order chi connectivity index (χ0) is 12.1. The van der Waals surface area contributed by atoms with Gasteiger partial charge in [-0.25, -0.2) is 4.99 Å². The van der Waals surface area contributed by atoms with Crippen molar-refractivity contribution in [3.8, 4) is 0 Å². The van der Waals surface area contributed by atoms with E-state index in [1.54, 1.807) is 6.20 Å². The van der Waals surface area contributed by atoms with E-state index in [1.165, 1.54) is 6.40 Å². The second-order valence-corrected chi connectivity index (χ2v) is 5.56. The van der Waals surface area contributed by atoms with Crippen LogP contribution >= 0.6 is 0 Å². The lowest BCUT2D eigenvalue weighted by Crippen LogP contribution is -2.33. The third-order valence-corrected chi connectivity index (χ3v) is 1.90. The van der Waals surface area contributed by atoms with Crippen LogP contribution in [0.5, 0.6) is 0 Å². The molecule has 0 rings (SSSR count). The van der Waals surface area contributed by atoms with Gasteiger partial charge in [-0.1, -0.05) is 0 Å². The lowest BCUT2D eigenvalue weighted by atomic mass is 10.1. The van der Waals surface area contributed by atoms with Crippen LogP contribution < -0.4 is 0 Å². The van der Waals surface area contributed by atoms with Crippen LogP contribution in [0.25, 0.3) is 0 Å². The normalized spacial score (nSPS) is 13.8. The Bertz CT molecular complexity index is 231. The molecule has 0 spiro atoms. The average Bonchev–Trinajstić information content (AvgIpc) is 1.99. The van der Waals surface area contributed by atoms with Crippen LogP contribution in [0.3, 0.4) is 0 Å². The van der Waals surface area contributed by atoms with E-state index in [0.717, 1.165) is 0 Å². The molecule has 3 heteroatoms. The van der Waals surface area contributed by atoms with E-state index in [0.29, 0.717) is 0 Å². The highest BCUT2D eigenvalue weighted by Gasteiger charge is 2.12. The van der Waals surface area contributed by atoms with Gasteiger partial charge in [0.15, 0.2) is 6.40 Å². The summed E-state index contributed by atoms with van der Waals surface area (Å²) in [5.74, 6) is 0. The molecule has 0 aromatic rings. The highest BCUT2D eigenvalue weighted by Crippen LogP contribution is 2.10.